The molecule has 3 saturated carbocycles. The van der Waals surface area contributed by atoms with Crippen molar-refractivity contribution in [3.05, 3.63) is 169 Å². The Kier molecular flexibility index (Phi) is 15.3. The third-order valence-corrected chi connectivity index (χ3v) is 18.9. The molecule has 7 aliphatic rings. The van der Waals surface area contributed by atoms with Crippen LogP contribution in [0.3, 0.4) is 0 Å². The lowest BCUT2D eigenvalue weighted by Gasteiger charge is -2.54. The number of aryl methyl sites for hydroxylation is 1. The first-order chi connectivity index (χ1) is 37.1. The molecule has 1 aromatic heterocycles. The number of ether oxygens (including phenoxy) is 4. The third kappa shape index (κ3) is 9.57. The molecule has 9 unspecified atom stereocenters. The van der Waals surface area contributed by atoms with Gasteiger partial charge in [0.25, 0.3) is 0 Å². The van der Waals surface area contributed by atoms with Crippen LogP contribution in [0.5, 0.6) is 5.75 Å². The molecule has 4 heterocycles. The molecular weight excluding hydrogens is 957 g/mol. The second-order valence-electron chi connectivity index (χ2n) is 23.0. The Hall–Kier alpha value is -5.85. The van der Waals surface area contributed by atoms with E-state index in [0.29, 0.717) is 47.1 Å². The van der Waals surface area contributed by atoms with Crippen molar-refractivity contribution in [1.82, 2.24) is 0 Å². The minimum absolute atomic E-state index is 0.0354. The molecule has 400 valence electrons. The van der Waals surface area contributed by atoms with Crippen molar-refractivity contribution < 1.29 is 48.3 Å². The van der Waals surface area contributed by atoms with Gasteiger partial charge in [-0.25, -0.2) is 9.59 Å². The largest absolute Gasteiger partial charge is 0.482 e. The lowest BCUT2D eigenvalue weighted by Crippen LogP contribution is -2.62. The Bertz CT molecular complexity index is 3030. The average Bonchev–Trinajstić information content (AvgIpc) is 4.09. The standard InChI is InChI=1S/C65H74O11/c1-40(37-67)50-25-21-41-19-22-42(23-20-41)51-26-24-45(44-13-10-17-49(35-44)64(30-8-9-31-64)48-15-4-3-5-16-48)34-47(51)36-56(69)73-60-58-55(76-65(61(60)75-62(50)70)32-11-14-43-12-6-7-18-54(43)65)28-27-52-53(38-68)57(63(71)74-59(52)58)46(29-33-66)39-72-2/h3-5,10-11,13-17,19-20,22-23,27-28,35,43,45-47,51,54,60-61,66-68H,6-9,12,18,21,24-26,29-34,36-39H2,1-2H3. The topological polar surface area (TPSA) is 162 Å². The molecule has 3 N–H and O–H groups in total. The fourth-order valence-corrected chi connectivity index (χ4v) is 15.1. The van der Waals surface area contributed by atoms with Crippen LogP contribution in [-0.2, 0) is 42.2 Å². The van der Waals surface area contributed by atoms with Gasteiger partial charge < -0.3 is 38.7 Å². The maximum atomic E-state index is 15.6. The maximum absolute atomic E-state index is 15.6. The summed E-state index contributed by atoms with van der Waals surface area (Å²) in [5.41, 5.74) is 5.94. The highest BCUT2D eigenvalue weighted by molar-refractivity contribution is 5.90. The fraction of sp³-hybridized carbons (Fsp3) is 0.492. The van der Waals surface area contributed by atoms with E-state index in [2.05, 4.69) is 91.0 Å². The molecule has 0 radical (unpaired) electrons. The molecule has 5 aromatic rings. The average molecular weight is 1030 g/mol. The van der Waals surface area contributed by atoms with Crippen LogP contribution < -0.4 is 10.4 Å². The van der Waals surface area contributed by atoms with Crippen molar-refractivity contribution in [2.45, 2.75) is 157 Å². The Balaban J connectivity index is 1.05. The van der Waals surface area contributed by atoms with E-state index in [-0.39, 0.29) is 84.4 Å². The highest BCUT2D eigenvalue weighted by atomic mass is 16.6. The van der Waals surface area contributed by atoms with Gasteiger partial charge in [0.05, 0.1) is 25.4 Å². The SMILES string of the molecule is COCC(CCO)c1c(CO)c2ccc3c(c2oc1=O)C1OC(=O)CC2CC(c4cccc(C5(c6ccccc6)CCCC5)c4)CCC2c2ccc(cc2)CCC(=C(C)CO)C(=O)OC1C1(CC=CC2CCCCC21)O3. The number of carbonyl (C=O) groups is 2. The normalized spacial score (nSPS) is 28.4. The molecule has 3 aliphatic heterocycles. The van der Waals surface area contributed by atoms with Crippen LogP contribution in [-0.4, -0.2) is 65.9 Å². The van der Waals surface area contributed by atoms with Gasteiger partial charge in [-0.2, -0.15) is 0 Å². The number of hydrogen-bond acceptors (Lipinski definition) is 11. The summed E-state index contributed by atoms with van der Waals surface area (Å²) in [5.74, 6) is -1.21. The zero-order valence-electron chi connectivity index (χ0n) is 44.2. The molecule has 12 rings (SSSR count). The Morgan fingerprint density at radius 1 is 0.816 bits per heavy atom. The molecule has 76 heavy (non-hydrogen) atoms. The summed E-state index contributed by atoms with van der Waals surface area (Å²) >= 11 is 0. The molecular formula is C65H74O11. The predicted molar refractivity (Wildman–Crippen MR) is 290 cm³/mol. The van der Waals surface area contributed by atoms with Gasteiger partial charge in [0, 0.05) is 60.3 Å². The summed E-state index contributed by atoms with van der Waals surface area (Å²) in [5, 5.41) is 32.3. The van der Waals surface area contributed by atoms with Gasteiger partial charge in [0.15, 0.2) is 17.8 Å². The summed E-state index contributed by atoms with van der Waals surface area (Å²) in [4.78, 5) is 45.2. The number of fused-ring (bicyclic) bond motifs is 13. The molecule has 11 nitrogen and oxygen atoms in total. The molecule has 0 saturated heterocycles. The van der Waals surface area contributed by atoms with Crippen molar-refractivity contribution >= 4 is 22.9 Å². The smallest absolute Gasteiger partial charge is 0.340 e. The van der Waals surface area contributed by atoms with Gasteiger partial charge in [0.2, 0.25) is 0 Å². The quantitative estimate of drug-likeness (QED) is 0.0528. The Labute approximate surface area is 446 Å². The number of aliphatic hydroxyl groups is 3. The van der Waals surface area contributed by atoms with E-state index in [1.807, 2.05) is 0 Å². The van der Waals surface area contributed by atoms with Crippen LogP contribution in [0.15, 0.2) is 124 Å². The fourth-order valence-electron chi connectivity index (χ4n) is 15.1. The highest BCUT2D eigenvalue weighted by Crippen LogP contribution is 2.57. The first kappa shape index (κ1) is 52.2. The van der Waals surface area contributed by atoms with Crippen LogP contribution in [0.4, 0.5) is 0 Å². The van der Waals surface area contributed by atoms with Crippen molar-refractivity contribution in [2.75, 3.05) is 26.9 Å². The molecule has 3 fully saturated rings. The molecule has 9 atom stereocenters. The van der Waals surface area contributed by atoms with E-state index in [1.54, 1.807) is 19.1 Å². The highest BCUT2D eigenvalue weighted by Gasteiger charge is 2.61. The lowest BCUT2D eigenvalue weighted by molar-refractivity contribution is -0.208. The van der Waals surface area contributed by atoms with Crippen molar-refractivity contribution in [1.29, 1.82) is 0 Å². The number of esters is 2. The van der Waals surface area contributed by atoms with Crippen LogP contribution in [0, 0.1) is 17.8 Å². The number of rotatable bonds is 10. The van der Waals surface area contributed by atoms with E-state index >= 15 is 9.59 Å². The zero-order valence-corrected chi connectivity index (χ0v) is 44.2. The molecule has 11 heteroatoms. The molecule has 2 bridgehead atoms. The van der Waals surface area contributed by atoms with Crippen LogP contribution in [0.25, 0.3) is 11.0 Å². The van der Waals surface area contributed by atoms with Crippen LogP contribution >= 0.6 is 0 Å². The van der Waals surface area contributed by atoms with Crippen molar-refractivity contribution in [3.63, 3.8) is 0 Å². The number of benzene rings is 4. The van der Waals surface area contributed by atoms with Gasteiger partial charge in [0.1, 0.15) is 11.3 Å². The Morgan fingerprint density at radius 2 is 1.61 bits per heavy atom. The Morgan fingerprint density at radius 3 is 2.37 bits per heavy atom. The van der Waals surface area contributed by atoms with Gasteiger partial charge >= 0.3 is 17.6 Å². The number of carbonyl (C=O) groups excluding carboxylic acids is 2. The first-order valence-corrected chi connectivity index (χ1v) is 28.2. The van der Waals surface area contributed by atoms with Crippen LogP contribution in [0.2, 0.25) is 0 Å². The lowest BCUT2D eigenvalue weighted by atomic mass is 9.62. The number of hydrogen-bond donors (Lipinski definition) is 3. The van der Waals surface area contributed by atoms with E-state index in [4.69, 9.17) is 23.4 Å². The summed E-state index contributed by atoms with van der Waals surface area (Å²) in [7, 11) is 1.52. The first-order valence-electron chi connectivity index (χ1n) is 28.2. The van der Waals surface area contributed by atoms with Gasteiger partial charge in [-0.3, -0.25) is 4.79 Å². The minimum atomic E-state index is -1.30. The summed E-state index contributed by atoms with van der Waals surface area (Å²) in [6, 6.07) is 32.4. The second-order valence-corrected chi connectivity index (χ2v) is 23.0. The zero-order chi connectivity index (χ0) is 52.6. The summed E-state index contributed by atoms with van der Waals surface area (Å²) in [6.45, 7) is 0.740. The predicted octanol–water partition coefficient (Wildman–Crippen LogP) is 11.7. The molecule has 0 amide bonds. The number of aliphatic hydroxyl groups excluding tert-OH is 3. The van der Waals surface area contributed by atoms with Crippen LogP contribution in [0.1, 0.15) is 172 Å². The van der Waals surface area contributed by atoms with E-state index in [1.165, 1.54) is 36.6 Å². The maximum Gasteiger partial charge on any atom is 0.340 e. The van der Waals surface area contributed by atoms with Gasteiger partial charge in [-0.1, -0.05) is 117 Å². The minimum Gasteiger partial charge on any atom is -0.482 e. The summed E-state index contributed by atoms with van der Waals surface area (Å²) in [6.07, 6.45) is 14.2. The summed E-state index contributed by atoms with van der Waals surface area (Å²) < 4.78 is 33.2. The van der Waals surface area contributed by atoms with E-state index in [9.17, 15) is 20.1 Å². The monoisotopic (exact) mass is 1030 g/mol. The number of allylic oxidation sites excluding steroid dienone is 1. The second kappa shape index (κ2) is 22.2. The van der Waals surface area contributed by atoms with Crippen molar-refractivity contribution in [2.24, 2.45) is 17.8 Å². The van der Waals surface area contributed by atoms with Gasteiger partial charge in [-0.05, 0) is 146 Å². The third-order valence-electron chi connectivity index (χ3n) is 18.9. The number of methoxy groups -OCH3 is 1. The van der Waals surface area contributed by atoms with E-state index in [0.717, 1.165) is 68.9 Å². The van der Waals surface area contributed by atoms with Gasteiger partial charge in [-0.15, -0.1) is 0 Å². The molecule has 4 aromatic carbocycles. The van der Waals surface area contributed by atoms with E-state index < -0.39 is 47.9 Å². The van der Waals surface area contributed by atoms with Crippen molar-refractivity contribution in [3.8, 4) is 5.75 Å². The molecule has 4 aliphatic carbocycles. The molecule has 1 spiro atoms.